The molecule has 1 aliphatic rings. The van der Waals surface area contributed by atoms with E-state index in [9.17, 15) is 28.8 Å². The average Bonchev–Trinajstić information content (AvgIpc) is 3.53. The lowest BCUT2D eigenvalue weighted by molar-refractivity contribution is -0.136. The average molecular weight is 743 g/mol. The molecule has 14 nitrogen and oxygen atoms in total. The predicted octanol–water partition coefficient (Wildman–Crippen LogP) is 1.76. The van der Waals surface area contributed by atoms with Crippen LogP contribution < -0.4 is 38.1 Å². The minimum absolute atomic E-state index is 0.174. The topological polar surface area (TPSA) is 230 Å². The van der Waals surface area contributed by atoms with Gasteiger partial charge < -0.3 is 43.0 Å². The Labute approximate surface area is 310 Å². The molecule has 1 aliphatic heterocycles. The van der Waals surface area contributed by atoms with Crippen molar-refractivity contribution in [1.82, 2.24) is 31.6 Å². The SMILES string of the molecule is CC[C@@H](C)[C@@H]1NC(=O)[C@H]([C@@H](C)CC)NC(=O)[C@@H](Cc2c[nH]c3ccccc23)NC(=O)CCCSC[C@@H](CCCCN)NC(=O)[C@H](CC(N)=O)NC1=O. The largest absolute Gasteiger partial charge is 0.370 e. The van der Waals surface area contributed by atoms with Gasteiger partial charge in [-0.2, -0.15) is 11.8 Å². The maximum atomic E-state index is 14.0. The maximum Gasteiger partial charge on any atom is 0.243 e. The van der Waals surface area contributed by atoms with Crippen LogP contribution in [0, 0.1) is 11.8 Å². The summed E-state index contributed by atoms with van der Waals surface area (Å²) >= 11 is 1.57. The summed E-state index contributed by atoms with van der Waals surface area (Å²) in [5.74, 6) is -2.94. The highest BCUT2D eigenvalue weighted by Crippen LogP contribution is 2.20. The van der Waals surface area contributed by atoms with Gasteiger partial charge in [-0.15, -0.1) is 0 Å². The Morgan fingerprint density at radius 1 is 0.846 bits per heavy atom. The van der Waals surface area contributed by atoms with Gasteiger partial charge in [0.25, 0.3) is 0 Å². The molecule has 0 bridgehead atoms. The van der Waals surface area contributed by atoms with Crippen LogP contribution in [0.2, 0.25) is 0 Å². The summed E-state index contributed by atoms with van der Waals surface area (Å²) in [5.41, 5.74) is 13.0. The highest BCUT2D eigenvalue weighted by molar-refractivity contribution is 7.99. The van der Waals surface area contributed by atoms with Gasteiger partial charge in [0.1, 0.15) is 24.2 Å². The van der Waals surface area contributed by atoms with Gasteiger partial charge in [-0.25, -0.2) is 0 Å². The van der Waals surface area contributed by atoms with Crippen LogP contribution in [-0.2, 0) is 35.2 Å². The van der Waals surface area contributed by atoms with Gasteiger partial charge in [-0.1, -0.05) is 65.2 Å². The van der Waals surface area contributed by atoms with Gasteiger partial charge in [0.05, 0.1) is 6.42 Å². The number of H-pyrrole nitrogens is 1. The van der Waals surface area contributed by atoms with E-state index in [1.165, 1.54) is 0 Å². The predicted molar refractivity (Wildman–Crippen MR) is 204 cm³/mol. The van der Waals surface area contributed by atoms with Crippen molar-refractivity contribution in [3.05, 3.63) is 36.0 Å². The first kappa shape index (κ1) is 42.3. The monoisotopic (exact) mass is 742 g/mol. The number of primary amides is 1. The van der Waals surface area contributed by atoms with Crippen molar-refractivity contribution in [2.24, 2.45) is 23.3 Å². The second kappa shape index (κ2) is 21.4. The lowest BCUT2D eigenvalue weighted by Crippen LogP contribution is -2.61. The summed E-state index contributed by atoms with van der Waals surface area (Å²) < 4.78 is 0. The molecule has 15 heteroatoms. The zero-order valence-corrected chi connectivity index (χ0v) is 31.7. The number of nitrogens with two attached hydrogens (primary N) is 2. The first-order chi connectivity index (χ1) is 24.9. The van der Waals surface area contributed by atoms with E-state index in [-0.39, 0.29) is 36.6 Å². The first-order valence-corrected chi connectivity index (χ1v) is 19.7. The molecule has 0 aliphatic carbocycles. The number of rotatable bonds is 12. The maximum absolute atomic E-state index is 14.0. The Kier molecular flexibility index (Phi) is 17.4. The van der Waals surface area contributed by atoms with Crippen LogP contribution in [0.4, 0.5) is 0 Å². The molecule has 0 unspecified atom stereocenters. The van der Waals surface area contributed by atoms with Gasteiger partial charge >= 0.3 is 0 Å². The second-order valence-electron chi connectivity index (χ2n) is 13.8. The molecule has 7 atom stereocenters. The number of fused-ring (bicyclic) bond motifs is 1. The molecule has 6 amide bonds. The number of carbonyl (C=O) groups is 6. The van der Waals surface area contributed by atoms with Crippen LogP contribution in [0.3, 0.4) is 0 Å². The summed E-state index contributed by atoms with van der Waals surface area (Å²) in [5, 5.41) is 15.2. The van der Waals surface area contributed by atoms with Crippen LogP contribution in [0.15, 0.2) is 30.5 Å². The van der Waals surface area contributed by atoms with E-state index in [4.69, 9.17) is 11.5 Å². The summed E-state index contributed by atoms with van der Waals surface area (Å²) in [7, 11) is 0. The molecule has 0 saturated carbocycles. The summed E-state index contributed by atoms with van der Waals surface area (Å²) in [6.07, 6.45) is 5.46. The first-order valence-electron chi connectivity index (χ1n) is 18.5. The molecule has 2 heterocycles. The quantitative estimate of drug-likeness (QED) is 0.149. The molecule has 0 radical (unpaired) electrons. The number of amides is 6. The molecule has 3 rings (SSSR count). The van der Waals surface area contributed by atoms with Crippen LogP contribution in [-0.4, -0.2) is 88.7 Å². The molecule has 1 fully saturated rings. The van der Waals surface area contributed by atoms with E-state index in [0.717, 1.165) is 29.3 Å². The van der Waals surface area contributed by atoms with E-state index in [0.29, 0.717) is 43.7 Å². The summed E-state index contributed by atoms with van der Waals surface area (Å²) in [6, 6.07) is 3.02. The molecular weight excluding hydrogens is 685 g/mol. The van der Waals surface area contributed by atoms with Crippen molar-refractivity contribution in [2.75, 3.05) is 18.1 Å². The van der Waals surface area contributed by atoms with Gasteiger partial charge in [0.2, 0.25) is 35.4 Å². The Bertz CT molecular complexity index is 1520. The molecular formula is C37H58N8O6S. The third kappa shape index (κ3) is 12.8. The van der Waals surface area contributed by atoms with Crippen molar-refractivity contribution in [3.63, 3.8) is 0 Å². The fourth-order valence-electron chi connectivity index (χ4n) is 6.16. The summed E-state index contributed by atoms with van der Waals surface area (Å²) in [4.78, 5) is 84.0. The lowest BCUT2D eigenvalue weighted by atomic mass is 9.94. The Morgan fingerprint density at radius 3 is 2.13 bits per heavy atom. The number of benzene rings is 1. The number of carbonyl (C=O) groups excluding carboxylic acids is 6. The standard InChI is InChI=1S/C37H58N8O6S/c1-5-22(3)32-36(50)43-29(19-30(39)46)34(48)41-25(12-9-10-16-38)21-52-17-11-15-31(47)42-28(18-24-20-40-27-14-8-7-13-26(24)27)35(49)44-33(23(4)6-2)37(51)45-32/h7-8,13-14,20,22-23,25,28-29,32-33,40H,5-6,9-12,15-19,21,38H2,1-4H3,(H2,39,46)(H,41,48)(H,42,47)(H,43,50)(H,44,49)(H,45,51)/t22-,23+,25-,28-,29+,32+,33+/m1/s1. The molecule has 1 saturated heterocycles. The Morgan fingerprint density at radius 2 is 1.48 bits per heavy atom. The van der Waals surface area contributed by atoms with Crippen LogP contribution in [0.25, 0.3) is 10.9 Å². The van der Waals surface area contributed by atoms with Crippen LogP contribution >= 0.6 is 11.8 Å². The van der Waals surface area contributed by atoms with Gasteiger partial charge in [-0.05, 0) is 55.0 Å². The second-order valence-corrected chi connectivity index (χ2v) is 15.0. The van der Waals surface area contributed by atoms with Gasteiger partial charge in [0, 0.05) is 41.7 Å². The highest BCUT2D eigenvalue weighted by Gasteiger charge is 2.36. The molecule has 10 N–H and O–H groups in total. The van der Waals surface area contributed by atoms with Crippen molar-refractivity contribution in [1.29, 1.82) is 0 Å². The number of nitrogens with one attached hydrogen (secondary N) is 6. The number of hydrogen-bond acceptors (Lipinski definition) is 8. The molecule has 1 aromatic carbocycles. The van der Waals surface area contributed by atoms with Gasteiger partial charge in [-0.3, -0.25) is 28.8 Å². The third-order valence-corrected chi connectivity index (χ3v) is 11.0. The molecule has 288 valence electrons. The number of aromatic nitrogens is 1. The highest BCUT2D eigenvalue weighted by atomic mass is 32.2. The number of aromatic amines is 1. The Hall–Kier alpha value is -4.11. The summed E-state index contributed by atoms with van der Waals surface area (Å²) in [6.45, 7) is 7.87. The smallest absolute Gasteiger partial charge is 0.243 e. The van der Waals surface area contributed by atoms with Crippen LogP contribution in [0.5, 0.6) is 0 Å². The number of para-hydroxylation sites is 1. The number of thioether (sulfide) groups is 1. The molecule has 0 spiro atoms. The van der Waals surface area contributed by atoms with E-state index >= 15 is 0 Å². The van der Waals surface area contributed by atoms with Crippen molar-refractivity contribution in [3.8, 4) is 0 Å². The van der Waals surface area contributed by atoms with E-state index < -0.39 is 60.1 Å². The number of unbranched alkanes of at least 4 members (excludes halogenated alkanes) is 1. The zero-order chi connectivity index (χ0) is 38.2. The Balaban J connectivity index is 1.98. The fraction of sp³-hybridized carbons (Fsp3) is 0.622. The van der Waals surface area contributed by atoms with Crippen LogP contribution in [0.1, 0.15) is 84.6 Å². The lowest BCUT2D eigenvalue weighted by Gasteiger charge is -2.31. The molecule has 52 heavy (non-hydrogen) atoms. The third-order valence-electron chi connectivity index (χ3n) is 9.74. The number of hydrogen-bond donors (Lipinski definition) is 8. The fourth-order valence-corrected chi connectivity index (χ4v) is 7.21. The minimum atomic E-state index is -1.26. The van der Waals surface area contributed by atoms with Crippen molar-refractivity contribution in [2.45, 2.75) is 116 Å². The van der Waals surface area contributed by atoms with E-state index in [1.807, 2.05) is 51.2 Å². The zero-order valence-electron chi connectivity index (χ0n) is 30.9. The van der Waals surface area contributed by atoms with Crippen molar-refractivity contribution < 1.29 is 28.8 Å². The van der Waals surface area contributed by atoms with E-state index in [2.05, 4.69) is 31.6 Å². The normalized spacial score (nSPS) is 24.5. The van der Waals surface area contributed by atoms with E-state index in [1.54, 1.807) is 18.7 Å². The van der Waals surface area contributed by atoms with Crippen molar-refractivity contribution >= 4 is 58.1 Å². The van der Waals surface area contributed by atoms with Gasteiger partial charge in [0.15, 0.2) is 0 Å². The minimum Gasteiger partial charge on any atom is -0.370 e. The molecule has 2 aromatic rings. The molecule has 1 aromatic heterocycles.